The van der Waals surface area contributed by atoms with Crippen LogP contribution in [0.3, 0.4) is 0 Å². The Labute approximate surface area is 151 Å². The molecular weight excluding hydrogens is 340 g/mol. The van der Waals surface area contributed by atoms with Crippen molar-refractivity contribution in [1.82, 2.24) is 10.2 Å². The number of carbonyl (C=O) groups is 1. The van der Waals surface area contributed by atoms with E-state index in [1.807, 2.05) is 20.8 Å². The van der Waals surface area contributed by atoms with Gasteiger partial charge in [0.2, 0.25) is 0 Å². The van der Waals surface area contributed by atoms with Crippen molar-refractivity contribution < 1.29 is 17.4 Å². The molecule has 1 N–H and O–H groups in total. The third-order valence-electron chi connectivity index (χ3n) is 3.23. The second-order valence-corrected chi connectivity index (χ2v) is 9.39. The minimum absolute atomic E-state index is 0.0795. The normalized spacial score (nSPS) is 12.1. The van der Waals surface area contributed by atoms with Crippen LogP contribution in [0, 0.1) is 5.92 Å². The summed E-state index contributed by atoms with van der Waals surface area (Å²) in [6, 6.07) is 6.65. The van der Waals surface area contributed by atoms with Crippen LogP contribution >= 0.6 is 0 Å². The fourth-order valence-electron chi connectivity index (χ4n) is 2.14. The molecule has 2 amide bonds. The molecule has 0 radical (unpaired) electrons. The molecule has 6 nitrogen and oxygen atoms in total. The Morgan fingerprint density at radius 1 is 1.20 bits per heavy atom. The lowest BCUT2D eigenvalue weighted by molar-refractivity contribution is 0.179. The molecule has 1 rings (SSSR count). The zero-order valence-corrected chi connectivity index (χ0v) is 16.8. The number of carbonyl (C=O) groups excluding carboxylic acids is 1. The van der Waals surface area contributed by atoms with Gasteiger partial charge < -0.3 is 14.4 Å². The van der Waals surface area contributed by atoms with E-state index in [4.69, 9.17) is 4.18 Å². The molecule has 0 bridgehead atoms. The van der Waals surface area contributed by atoms with Gasteiger partial charge in [-0.15, -0.1) is 0 Å². The van der Waals surface area contributed by atoms with Crippen LogP contribution < -0.4 is 9.50 Å². The Morgan fingerprint density at radius 2 is 1.76 bits per heavy atom. The quantitative estimate of drug-likeness (QED) is 0.747. The summed E-state index contributed by atoms with van der Waals surface area (Å²) in [6.45, 7) is 12.6. The number of hydrogen-bond donors (Lipinski definition) is 1. The lowest BCUT2D eigenvalue weighted by atomic mass is 10.1. The zero-order valence-electron chi connectivity index (χ0n) is 16.0. The van der Waals surface area contributed by atoms with Crippen LogP contribution in [0.25, 0.3) is 0 Å². The summed E-state index contributed by atoms with van der Waals surface area (Å²) < 4.78 is 28.0. The summed E-state index contributed by atoms with van der Waals surface area (Å²) in [7, 11) is -3.53. The Hall–Kier alpha value is -1.76. The Bertz CT molecular complexity index is 661. The van der Waals surface area contributed by atoms with E-state index in [0.717, 1.165) is 5.56 Å². The molecule has 0 atom stereocenters. The monoisotopic (exact) mass is 370 g/mol. The minimum Gasteiger partial charge on any atom is -0.382 e. The number of urea groups is 1. The van der Waals surface area contributed by atoms with E-state index in [1.54, 1.807) is 29.2 Å². The molecule has 1 aromatic rings. The van der Waals surface area contributed by atoms with Crippen LogP contribution in [0.15, 0.2) is 24.3 Å². The van der Waals surface area contributed by atoms with E-state index in [0.29, 0.717) is 19.0 Å². The molecule has 0 unspecified atom stereocenters. The summed E-state index contributed by atoms with van der Waals surface area (Å²) in [4.78, 5) is 14.3. The number of amides is 2. The van der Waals surface area contributed by atoms with E-state index in [-0.39, 0.29) is 23.1 Å². The molecule has 0 spiro atoms. The van der Waals surface area contributed by atoms with Crippen LogP contribution in [-0.2, 0) is 16.7 Å². The molecule has 0 heterocycles. The summed E-state index contributed by atoms with van der Waals surface area (Å²) in [5.41, 5.74) is 0.601. The van der Waals surface area contributed by atoms with E-state index in [2.05, 4.69) is 19.2 Å². The van der Waals surface area contributed by atoms with E-state index in [9.17, 15) is 13.2 Å². The maximum atomic E-state index is 12.5. The zero-order chi connectivity index (χ0) is 19.3. The van der Waals surface area contributed by atoms with E-state index < -0.39 is 10.1 Å². The highest BCUT2D eigenvalue weighted by Gasteiger charge is 2.20. The number of rotatable bonds is 7. The van der Waals surface area contributed by atoms with Gasteiger partial charge in [0.1, 0.15) is 5.75 Å². The maximum absolute atomic E-state index is 12.5. The highest BCUT2D eigenvalue weighted by atomic mass is 32.2. The van der Waals surface area contributed by atoms with Gasteiger partial charge in [-0.05, 0) is 51.3 Å². The molecule has 0 fully saturated rings. The van der Waals surface area contributed by atoms with Gasteiger partial charge in [0, 0.05) is 18.6 Å². The molecule has 7 heteroatoms. The molecule has 1 aromatic carbocycles. The molecule has 0 aliphatic heterocycles. The molecule has 0 aromatic heterocycles. The molecule has 0 saturated carbocycles. The average molecular weight is 371 g/mol. The summed E-state index contributed by atoms with van der Waals surface area (Å²) in [5.74, 6) is 0.535. The fraction of sp³-hybridized carbons (Fsp3) is 0.611. The Morgan fingerprint density at radius 3 is 2.20 bits per heavy atom. The first-order valence-electron chi connectivity index (χ1n) is 8.50. The summed E-state index contributed by atoms with van der Waals surface area (Å²) in [6.07, 6.45) is 0. The second kappa shape index (κ2) is 8.56. The summed E-state index contributed by atoms with van der Waals surface area (Å²) >= 11 is 0. The maximum Gasteiger partial charge on any atom is 0.318 e. The standard InChI is InChI=1S/C18H30N2O4S/c1-7-25(22,23)24-16-10-8-15(9-11-16)13-20(12-14(2)3)17(21)19-18(4,5)6/h8-11,14H,7,12-13H2,1-6H3,(H,19,21). The van der Waals surface area contributed by atoms with Crippen molar-refractivity contribution in [3.05, 3.63) is 29.8 Å². The van der Waals surface area contributed by atoms with Gasteiger partial charge in [0.15, 0.2) is 0 Å². The van der Waals surface area contributed by atoms with Crippen molar-refractivity contribution in [2.45, 2.75) is 53.6 Å². The van der Waals surface area contributed by atoms with Gasteiger partial charge in [0.05, 0.1) is 5.75 Å². The third kappa shape index (κ3) is 8.25. The predicted octanol–water partition coefficient (Wildman–Crippen LogP) is 3.38. The van der Waals surface area contributed by atoms with Crippen molar-refractivity contribution in [3.63, 3.8) is 0 Å². The smallest absolute Gasteiger partial charge is 0.318 e. The number of benzene rings is 1. The largest absolute Gasteiger partial charge is 0.382 e. The lowest BCUT2D eigenvalue weighted by Crippen LogP contribution is -2.49. The van der Waals surface area contributed by atoms with E-state index in [1.165, 1.54) is 6.92 Å². The third-order valence-corrected chi connectivity index (χ3v) is 4.38. The molecule has 0 aliphatic carbocycles. The van der Waals surface area contributed by atoms with Gasteiger partial charge in [-0.2, -0.15) is 8.42 Å². The SMILES string of the molecule is CCS(=O)(=O)Oc1ccc(CN(CC(C)C)C(=O)NC(C)(C)C)cc1. The Balaban J connectivity index is 2.85. The fourth-order valence-corrected chi connectivity index (χ4v) is 2.66. The van der Waals surface area contributed by atoms with Crippen molar-refractivity contribution in [3.8, 4) is 5.75 Å². The second-order valence-electron chi connectivity index (χ2n) is 7.53. The Kier molecular flexibility index (Phi) is 7.29. The van der Waals surface area contributed by atoms with Gasteiger partial charge in [-0.3, -0.25) is 0 Å². The molecule has 25 heavy (non-hydrogen) atoms. The van der Waals surface area contributed by atoms with Crippen molar-refractivity contribution in [2.75, 3.05) is 12.3 Å². The lowest BCUT2D eigenvalue weighted by Gasteiger charge is -2.29. The van der Waals surface area contributed by atoms with Crippen LogP contribution in [0.1, 0.15) is 47.1 Å². The topological polar surface area (TPSA) is 75.7 Å². The van der Waals surface area contributed by atoms with Gasteiger partial charge >= 0.3 is 16.1 Å². The number of nitrogens with zero attached hydrogens (tertiary/aromatic N) is 1. The predicted molar refractivity (Wildman–Crippen MR) is 100 cm³/mol. The van der Waals surface area contributed by atoms with E-state index >= 15 is 0 Å². The summed E-state index contributed by atoms with van der Waals surface area (Å²) in [5, 5.41) is 2.98. The van der Waals surface area contributed by atoms with Crippen LogP contribution in [0.4, 0.5) is 4.79 Å². The molecular formula is C18H30N2O4S. The van der Waals surface area contributed by atoms with Crippen LogP contribution in [-0.4, -0.2) is 37.2 Å². The van der Waals surface area contributed by atoms with Crippen molar-refractivity contribution in [1.29, 1.82) is 0 Å². The van der Waals surface area contributed by atoms with Crippen molar-refractivity contribution in [2.24, 2.45) is 5.92 Å². The first-order valence-corrected chi connectivity index (χ1v) is 10.1. The molecule has 142 valence electrons. The van der Waals surface area contributed by atoms with Gasteiger partial charge in [-0.25, -0.2) is 4.79 Å². The minimum atomic E-state index is -3.53. The van der Waals surface area contributed by atoms with Crippen LogP contribution in [0.5, 0.6) is 5.75 Å². The van der Waals surface area contributed by atoms with Crippen molar-refractivity contribution >= 4 is 16.1 Å². The average Bonchev–Trinajstić information content (AvgIpc) is 2.46. The number of nitrogens with one attached hydrogen (secondary N) is 1. The van der Waals surface area contributed by atoms with Gasteiger partial charge in [0.25, 0.3) is 0 Å². The first kappa shape index (κ1) is 21.3. The first-order chi connectivity index (χ1) is 11.4. The van der Waals surface area contributed by atoms with Crippen LogP contribution in [0.2, 0.25) is 0 Å². The molecule has 0 aliphatic rings. The number of hydrogen-bond acceptors (Lipinski definition) is 4. The molecule has 0 saturated heterocycles. The highest BCUT2D eigenvalue weighted by molar-refractivity contribution is 7.87. The highest BCUT2D eigenvalue weighted by Crippen LogP contribution is 2.17. The van der Waals surface area contributed by atoms with Gasteiger partial charge in [-0.1, -0.05) is 26.0 Å².